The van der Waals surface area contributed by atoms with Crippen LogP contribution in [0.2, 0.25) is 0 Å². The van der Waals surface area contributed by atoms with E-state index in [2.05, 4.69) is 72.9 Å². The maximum Gasteiger partial charge on any atom is 0.293 e. The Morgan fingerprint density at radius 2 is 1.70 bits per heavy atom. The monoisotopic (exact) mass is 470 g/mol. The van der Waals surface area contributed by atoms with Crippen LogP contribution in [0.5, 0.6) is 0 Å². The molecule has 0 aliphatic rings. The topological polar surface area (TPSA) is 57.6 Å². The molecule has 0 saturated heterocycles. The van der Waals surface area contributed by atoms with E-state index in [0.717, 1.165) is 63.8 Å². The van der Waals surface area contributed by atoms with Gasteiger partial charge in [-0.15, -0.1) is 0 Å². The SMILES string of the molecule is C=C(/N=C(\C)OCCCC)N(CCC)CC(CC)CCN(C)CCCN(C)C.CCOC=O. The molecule has 7 nitrogen and oxygen atoms in total. The molecule has 0 aliphatic heterocycles. The van der Waals surface area contributed by atoms with E-state index in [4.69, 9.17) is 4.74 Å². The Bertz CT molecular complexity index is 498. The van der Waals surface area contributed by atoms with Crippen LogP contribution in [0.3, 0.4) is 0 Å². The lowest BCUT2D eigenvalue weighted by atomic mass is 10.0. The molecule has 0 aromatic carbocycles. The van der Waals surface area contributed by atoms with Gasteiger partial charge in [0.2, 0.25) is 0 Å². The fraction of sp³-hybridized carbons (Fsp3) is 0.846. The Hall–Kier alpha value is -1.60. The van der Waals surface area contributed by atoms with Gasteiger partial charge in [-0.1, -0.05) is 40.2 Å². The maximum atomic E-state index is 9.18. The minimum absolute atomic E-state index is 0.431. The number of carbonyl (C=O) groups is 1. The number of ether oxygens (including phenoxy) is 2. The highest BCUT2D eigenvalue weighted by Gasteiger charge is 2.15. The molecule has 0 bridgehead atoms. The van der Waals surface area contributed by atoms with Gasteiger partial charge in [-0.3, -0.25) is 4.79 Å². The molecule has 0 amide bonds. The molecule has 0 aromatic heterocycles. The van der Waals surface area contributed by atoms with Gasteiger partial charge in [0.25, 0.3) is 6.47 Å². The Balaban J connectivity index is 0. The molecule has 33 heavy (non-hydrogen) atoms. The average Bonchev–Trinajstić information content (AvgIpc) is 2.76. The van der Waals surface area contributed by atoms with E-state index in [0.29, 0.717) is 19.0 Å². The van der Waals surface area contributed by atoms with Crippen molar-refractivity contribution in [1.82, 2.24) is 14.7 Å². The zero-order chi connectivity index (χ0) is 25.5. The van der Waals surface area contributed by atoms with E-state index in [1.807, 2.05) is 6.92 Å². The van der Waals surface area contributed by atoms with Gasteiger partial charge in [0.1, 0.15) is 5.82 Å². The highest BCUT2D eigenvalue weighted by molar-refractivity contribution is 5.74. The van der Waals surface area contributed by atoms with Gasteiger partial charge in [-0.05, 0) is 79.3 Å². The summed E-state index contributed by atoms with van der Waals surface area (Å²) in [6, 6.07) is 0. The molecule has 0 N–H and O–H groups in total. The highest BCUT2D eigenvalue weighted by atomic mass is 16.5. The van der Waals surface area contributed by atoms with Crippen molar-refractivity contribution in [3.05, 3.63) is 12.4 Å². The van der Waals surface area contributed by atoms with Crippen molar-refractivity contribution in [2.45, 2.75) is 73.1 Å². The highest BCUT2D eigenvalue weighted by Crippen LogP contribution is 2.16. The molecular weight excluding hydrogens is 416 g/mol. The lowest BCUT2D eigenvalue weighted by molar-refractivity contribution is -0.128. The summed E-state index contributed by atoms with van der Waals surface area (Å²) in [4.78, 5) is 20.9. The first kappa shape index (κ1) is 33.6. The minimum atomic E-state index is 0.431. The Labute approximate surface area is 205 Å². The lowest BCUT2D eigenvalue weighted by Crippen LogP contribution is -2.32. The van der Waals surface area contributed by atoms with Crippen LogP contribution < -0.4 is 0 Å². The van der Waals surface area contributed by atoms with Crippen molar-refractivity contribution in [3.8, 4) is 0 Å². The zero-order valence-corrected chi connectivity index (χ0v) is 23.1. The number of carbonyl (C=O) groups excluding carboxylic acids is 1. The van der Waals surface area contributed by atoms with Crippen molar-refractivity contribution in [2.24, 2.45) is 10.9 Å². The van der Waals surface area contributed by atoms with E-state index in [1.54, 1.807) is 6.92 Å². The molecule has 1 atom stereocenters. The third-order valence-electron chi connectivity index (χ3n) is 5.31. The molecule has 0 radical (unpaired) electrons. The van der Waals surface area contributed by atoms with Crippen LogP contribution in [0.1, 0.15) is 73.1 Å². The smallest absolute Gasteiger partial charge is 0.293 e. The van der Waals surface area contributed by atoms with E-state index < -0.39 is 0 Å². The summed E-state index contributed by atoms with van der Waals surface area (Å²) in [5.74, 6) is 2.23. The molecule has 0 spiro atoms. The van der Waals surface area contributed by atoms with Gasteiger partial charge in [-0.25, -0.2) is 4.99 Å². The van der Waals surface area contributed by atoms with Crippen LogP contribution in [0.25, 0.3) is 0 Å². The van der Waals surface area contributed by atoms with E-state index in [9.17, 15) is 4.79 Å². The zero-order valence-electron chi connectivity index (χ0n) is 23.1. The summed E-state index contributed by atoms with van der Waals surface area (Å²) < 4.78 is 9.85. The van der Waals surface area contributed by atoms with Gasteiger partial charge in [0.15, 0.2) is 5.90 Å². The molecule has 0 aliphatic carbocycles. The van der Waals surface area contributed by atoms with E-state index in [1.165, 1.54) is 25.8 Å². The van der Waals surface area contributed by atoms with Gasteiger partial charge in [0.05, 0.1) is 13.2 Å². The van der Waals surface area contributed by atoms with Gasteiger partial charge in [-0.2, -0.15) is 0 Å². The van der Waals surface area contributed by atoms with Crippen LogP contribution >= 0.6 is 0 Å². The molecule has 0 rings (SSSR count). The van der Waals surface area contributed by atoms with Gasteiger partial charge in [0, 0.05) is 20.0 Å². The number of unbranched alkanes of at least 4 members (excludes halogenated alkanes) is 1. The van der Waals surface area contributed by atoms with Crippen LogP contribution in [0, 0.1) is 5.92 Å². The Morgan fingerprint density at radius 3 is 2.18 bits per heavy atom. The number of rotatable bonds is 19. The summed E-state index contributed by atoms with van der Waals surface area (Å²) in [5, 5.41) is 0. The molecule has 0 aromatic rings. The predicted molar refractivity (Wildman–Crippen MR) is 142 cm³/mol. The second-order valence-corrected chi connectivity index (χ2v) is 8.77. The third kappa shape index (κ3) is 22.0. The second-order valence-electron chi connectivity index (χ2n) is 8.77. The van der Waals surface area contributed by atoms with E-state index in [-0.39, 0.29) is 0 Å². The lowest BCUT2D eigenvalue weighted by Gasteiger charge is -2.29. The molecule has 0 heterocycles. The number of hydrogen-bond acceptors (Lipinski definition) is 7. The molecule has 0 fully saturated rings. The van der Waals surface area contributed by atoms with Crippen LogP contribution in [0.4, 0.5) is 0 Å². The van der Waals surface area contributed by atoms with Crippen molar-refractivity contribution in [3.63, 3.8) is 0 Å². The minimum Gasteiger partial charge on any atom is -0.481 e. The summed E-state index contributed by atoms with van der Waals surface area (Å²) in [5.41, 5.74) is 0. The number of hydrogen-bond donors (Lipinski definition) is 0. The number of aliphatic imine (C=N–C) groups is 1. The van der Waals surface area contributed by atoms with Crippen LogP contribution in [0.15, 0.2) is 17.4 Å². The largest absolute Gasteiger partial charge is 0.481 e. The normalized spacial score (nSPS) is 12.2. The predicted octanol–water partition coefficient (Wildman–Crippen LogP) is 4.88. The summed E-state index contributed by atoms with van der Waals surface area (Å²) in [6.07, 6.45) is 6.94. The molecule has 7 heteroatoms. The first-order valence-corrected chi connectivity index (χ1v) is 12.8. The Morgan fingerprint density at radius 1 is 1.00 bits per heavy atom. The van der Waals surface area contributed by atoms with Crippen molar-refractivity contribution in [1.29, 1.82) is 0 Å². The molecule has 0 saturated carbocycles. The number of nitrogens with zero attached hydrogens (tertiary/aromatic N) is 4. The summed E-state index contributed by atoms with van der Waals surface area (Å²) in [7, 11) is 6.52. The van der Waals surface area contributed by atoms with Gasteiger partial charge >= 0.3 is 0 Å². The van der Waals surface area contributed by atoms with Gasteiger partial charge < -0.3 is 24.2 Å². The first-order chi connectivity index (χ1) is 15.7. The van der Waals surface area contributed by atoms with Crippen molar-refractivity contribution < 1.29 is 14.3 Å². The summed E-state index contributed by atoms with van der Waals surface area (Å²) >= 11 is 0. The summed E-state index contributed by atoms with van der Waals surface area (Å²) in [6.45, 7) is 21.8. The fourth-order valence-corrected chi connectivity index (χ4v) is 3.22. The maximum absolute atomic E-state index is 9.18. The third-order valence-corrected chi connectivity index (χ3v) is 5.31. The van der Waals surface area contributed by atoms with E-state index >= 15 is 0 Å². The van der Waals surface area contributed by atoms with Crippen LogP contribution in [-0.4, -0.2) is 94.2 Å². The van der Waals surface area contributed by atoms with Crippen LogP contribution in [-0.2, 0) is 14.3 Å². The van der Waals surface area contributed by atoms with Crippen molar-refractivity contribution in [2.75, 3.05) is 67.1 Å². The Kier molecular flexibility index (Phi) is 24.0. The first-order valence-electron chi connectivity index (χ1n) is 12.8. The van der Waals surface area contributed by atoms with Crippen molar-refractivity contribution >= 4 is 12.4 Å². The second kappa shape index (κ2) is 23.6. The molecule has 196 valence electrons. The molecule has 1 unspecified atom stereocenters. The quantitative estimate of drug-likeness (QED) is 0.116. The fourth-order valence-electron chi connectivity index (χ4n) is 3.22. The standard InChI is InChI=1S/C23H48N4O.C3H6O2/c1-9-12-19-28-22(5)24-21(4)27(15-10-2)20-23(11-3)14-18-26(8)17-13-16-25(6)7;1-2-5-3-4/h23H,4,9-20H2,1-3,5-8H3;3H,2H2,1H3/b24-22+;. The average molecular weight is 471 g/mol. The molecular formula is C26H54N4O3.